The average Bonchev–Trinajstić information content (AvgIpc) is 2.07. The van der Waals surface area contributed by atoms with Crippen molar-refractivity contribution in [3.8, 4) is 0 Å². The van der Waals surface area contributed by atoms with Crippen LogP contribution in [0.2, 0.25) is 0 Å². The fraction of sp³-hybridized carbons (Fsp3) is 1.00. The Balaban J connectivity index is 2.51. The molecule has 66 valence electrons. The van der Waals surface area contributed by atoms with Crippen molar-refractivity contribution in [2.75, 3.05) is 13.7 Å². The molecule has 0 radical (unpaired) electrons. The summed E-state index contributed by atoms with van der Waals surface area (Å²) >= 11 is 0. The van der Waals surface area contributed by atoms with E-state index in [-0.39, 0.29) is 19.1 Å². The third kappa shape index (κ3) is 1.90. The van der Waals surface area contributed by atoms with E-state index < -0.39 is 11.9 Å². The lowest BCUT2D eigenvalue weighted by atomic mass is 10.1. The lowest BCUT2D eigenvalue weighted by Crippen LogP contribution is -2.40. The van der Waals surface area contributed by atoms with Gasteiger partial charge in [-0.3, -0.25) is 0 Å². The van der Waals surface area contributed by atoms with E-state index in [4.69, 9.17) is 9.47 Å². The van der Waals surface area contributed by atoms with Gasteiger partial charge >= 0.3 is 0 Å². The van der Waals surface area contributed by atoms with Gasteiger partial charge in [-0.25, -0.2) is 0 Å². The zero-order chi connectivity index (χ0) is 8.48. The maximum atomic E-state index is 9.31. The summed E-state index contributed by atoms with van der Waals surface area (Å²) in [7, 11) is 1.50. The summed E-state index contributed by atoms with van der Waals surface area (Å²) in [6, 6.07) is 0. The van der Waals surface area contributed by atoms with Gasteiger partial charge in [-0.15, -0.1) is 0 Å². The molecule has 4 heteroatoms. The van der Waals surface area contributed by atoms with Crippen LogP contribution in [0.5, 0.6) is 0 Å². The molecule has 2 atom stereocenters. The van der Waals surface area contributed by atoms with Gasteiger partial charge in [0.1, 0.15) is 6.10 Å². The highest BCUT2D eigenvalue weighted by Crippen LogP contribution is 2.27. The van der Waals surface area contributed by atoms with Gasteiger partial charge in [0.05, 0.1) is 12.7 Å². The smallest absolute Gasteiger partial charge is 0.194 e. The van der Waals surface area contributed by atoms with E-state index in [1.165, 1.54) is 7.11 Å². The summed E-state index contributed by atoms with van der Waals surface area (Å²) in [6.45, 7) is 2.02. The van der Waals surface area contributed by atoms with Gasteiger partial charge in [0, 0.05) is 13.5 Å². The highest BCUT2D eigenvalue weighted by Gasteiger charge is 2.44. The van der Waals surface area contributed by atoms with E-state index in [0.717, 1.165) is 0 Å². The predicted octanol–water partition coefficient (Wildman–Crippen LogP) is -0.509. The molecule has 1 saturated heterocycles. The molecule has 1 rings (SSSR count). The second-order valence-electron chi connectivity index (χ2n) is 2.97. The first kappa shape index (κ1) is 8.93. The zero-order valence-corrected chi connectivity index (χ0v) is 6.78. The lowest BCUT2D eigenvalue weighted by molar-refractivity contribution is -0.203. The zero-order valence-electron chi connectivity index (χ0n) is 6.78. The van der Waals surface area contributed by atoms with Crippen LogP contribution in [-0.4, -0.2) is 41.9 Å². The average molecular weight is 162 g/mol. The minimum absolute atomic E-state index is 0.106. The van der Waals surface area contributed by atoms with Crippen molar-refractivity contribution in [3.63, 3.8) is 0 Å². The van der Waals surface area contributed by atoms with Crippen molar-refractivity contribution in [2.24, 2.45) is 0 Å². The first-order valence-electron chi connectivity index (χ1n) is 3.65. The molecule has 0 saturated carbocycles. The Morgan fingerprint density at radius 3 is 2.64 bits per heavy atom. The molecule has 2 N–H and O–H groups in total. The van der Waals surface area contributed by atoms with Crippen molar-refractivity contribution in [1.82, 2.24) is 0 Å². The number of aliphatic hydroxyl groups is 2. The molecular formula is C7H14O4. The van der Waals surface area contributed by atoms with E-state index in [2.05, 4.69) is 0 Å². The van der Waals surface area contributed by atoms with Crippen LogP contribution in [0.4, 0.5) is 0 Å². The van der Waals surface area contributed by atoms with Crippen LogP contribution in [0.1, 0.15) is 13.3 Å². The third-order valence-corrected chi connectivity index (χ3v) is 1.82. The van der Waals surface area contributed by atoms with Gasteiger partial charge in [0.2, 0.25) is 0 Å². The van der Waals surface area contributed by atoms with Crippen molar-refractivity contribution < 1.29 is 19.7 Å². The molecule has 1 fully saturated rings. The molecule has 1 heterocycles. The fourth-order valence-corrected chi connectivity index (χ4v) is 1.32. The highest BCUT2D eigenvalue weighted by atomic mass is 16.6. The van der Waals surface area contributed by atoms with Crippen LogP contribution in [0.25, 0.3) is 0 Å². The van der Waals surface area contributed by atoms with E-state index in [1.807, 2.05) is 0 Å². The van der Waals surface area contributed by atoms with Crippen LogP contribution < -0.4 is 0 Å². The third-order valence-electron chi connectivity index (χ3n) is 1.82. The fourth-order valence-electron chi connectivity index (χ4n) is 1.32. The molecule has 0 aromatic carbocycles. The molecule has 1 aliphatic rings. The van der Waals surface area contributed by atoms with E-state index in [0.29, 0.717) is 0 Å². The Hall–Kier alpha value is -0.160. The van der Waals surface area contributed by atoms with Crippen LogP contribution in [-0.2, 0) is 9.47 Å². The number of methoxy groups -OCH3 is 1. The van der Waals surface area contributed by atoms with Gasteiger partial charge in [0.15, 0.2) is 5.79 Å². The Labute approximate surface area is 65.7 Å². The summed E-state index contributed by atoms with van der Waals surface area (Å²) in [5, 5.41) is 18.6. The van der Waals surface area contributed by atoms with Crippen molar-refractivity contribution in [3.05, 3.63) is 0 Å². The first-order valence-corrected chi connectivity index (χ1v) is 3.65. The SMILES string of the molecule is COCC1OC(C)CC1(O)O. The van der Waals surface area contributed by atoms with Crippen LogP contribution in [0, 0.1) is 0 Å². The molecule has 2 unspecified atom stereocenters. The van der Waals surface area contributed by atoms with Gasteiger partial charge in [-0.2, -0.15) is 0 Å². The number of hydrogen-bond donors (Lipinski definition) is 2. The Morgan fingerprint density at radius 1 is 1.64 bits per heavy atom. The monoisotopic (exact) mass is 162 g/mol. The Morgan fingerprint density at radius 2 is 2.27 bits per heavy atom. The standard InChI is InChI=1S/C7H14O4/c1-5-3-7(8,9)6(11-5)4-10-2/h5-6,8-9H,3-4H2,1-2H3. The van der Waals surface area contributed by atoms with Gasteiger partial charge < -0.3 is 19.7 Å². The molecule has 0 bridgehead atoms. The van der Waals surface area contributed by atoms with E-state index in [1.54, 1.807) is 6.92 Å². The van der Waals surface area contributed by atoms with Gasteiger partial charge in [0.25, 0.3) is 0 Å². The molecule has 0 aromatic heterocycles. The molecule has 0 amide bonds. The quantitative estimate of drug-likeness (QED) is 0.537. The van der Waals surface area contributed by atoms with Crippen LogP contribution in [0.15, 0.2) is 0 Å². The molecule has 0 aromatic rings. The van der Waals surface area contributed by atoms with Crippen LogP contribution >= 0.6 is 0 Å². The molecule has 11 heavy (non-hydrogen) atoms. The second kappa shape index (κ2) is 3.06. The van der Waals surface area contributed by atoms with Gasteiger partial charge in [-0.05, 0) is 6.92 Å². The second-order valence-corrected chi connectivity index (χ2v) is 2.97. The summed E-state index contributed by atoms with van der Waals surface area (Å²) in [6.07, 6.45) is -0.464. The minimum Gasteiger partial charge on any atom is -0.382 e. The van der Waals surface area contributed by atoms with E-state index >= 15 is 0 Å². The summed E-state index contributed by atoms with van der Waals surface area (Å²) in [5.74, 6) is -1.71. The highest BCUT2D eigenvalue weighted by molar-refractivity contribution is 4.85. The normalized spacial score (nSPS) is 36.0. The topological polar surface area (TPSA) is 58.9 Å². The van der Waals surface area contributed by atoms with Crippen molar-refractivity contribution in [2.45, 2.75) is 31.3 Å². The van der Waals surface area contributed by atoms with Crippen molar-refractivity contribution >= 4 is 0 Å². The number of rotatable bonds is 2. The lowest BCUT2D eigenvalue weighted by Gasteiger charge is -2.20. The van der Waals surface area contributed by atoms with Gasteiger partial charge in [-0.1, -0.05) is 0 Å². The maximum Gasteiger partial charge on any atom is 0.194 e. The summed E-state index contributed by atoms with van der Waals surface area (Å²) < 4.78 is 9.96. The number of hydrogen-bond acceptors (Lipinski definition) is 4. The van der Waals surface area contributed by atoms with Crippen molar-refractivity contribution in [1.29, 1.82) is 0 Å². The molecular weight excluding hydrogens is 148 g/mol. The summed E-state index contributed by atoms with van der Waals surface area (Å²) in [5.41, 5.74) is 0. The first-order chi connectivity index (χ1) is 5.06. The Kier molecular flexibility index (Phi) is 2.49. The molecule has 0 spiro atoms. The maximum absolute atomic E-state index is 9.31. The summed E-state index contributed by atoms with van der Waals surface area (Å²) in [4.78, 5) is 0. The Bertz CT molecular complexity index is 134. The molecule has 1 aliphatic heterocycles. The molecule has 0 aliphatic carbocycles. The number of ether oxygens (including phenoxy) is 2. The largest absolute Gasteiger partial charge is 0.382 e. The van der Waals surface area contributed by atoms with Crippen LogP contribution in [0.3, 0.4) is 0 Å². The van der Waals surface area contributed by atoms with E-state index in [9.17, 15) is 10.2 Å². The molecule has 4 nitrogen and oxygen atoms in total. The minimum atomic E-state index is -1.71. The predicted molar refractivity (Wildman–Crippen MR) is 38.0 cm³/mol.